The van der Waals surface area contributed by atoms with E-state index in [4.69, 9.17) is 5.11 Å². The Bertz CT molecular complexity index is 365. The Kier molecular flexibility index (Phi) is 5.65. The van der Waals surface area contributed by atoms with Crippen molar-refractivity contribution in [2.75, 3.05) is 18.1 Å². The van der Waals surface area contributed by atoms with E-state index in [1.807, 2.05) is 11.8 Å². The van der Waals surface area contributed by atoms with Gasteiger partial charge in [-0.1, -0.05) is 0 Å². The number of hydrogen-bond acceptors (Lipinski definition) is 4. The normalized spacial score (nSPS) is 18.9. The summed E-state index contributed by atoms with van der Waals surface area (Å²) in [6, 6.07) is -0.553. The van der Waals surface area contributed by atoms with Crippen molar-refractivity contribution in [1.82, 2.24) is 10.6 Å². The van der Waals surface area contributed by atoms with E-state index in [1.165, 1.54) is 13.8 Å². The first kappa shape index (κ1) is 15.8. The first-order valence-electron chi connectivity index (χ1n) is 6.20. The number of imide groups is 1. The molecule has 108 valence electrons. The standard InChI is InChI=1S/C12H20N2O4S/c1-12(2,10(16)17)5-9(15)14-11(18)13-6-8-3-4-19-7-8/h8H,3-7H2,1-2H3,(H,16,17)(H2,13,14,15,18). The summed E-state index contributed by atoms with van der Waals surface area (Å²) in [6.45, 7) is 3.44. The fourth-order valence-electron chi connectivity index (χ4n) is 1.67. The summed E-state index contributed by atoms with van der Waals surface area (Å²) >= 11 is 1.85. The van der Waals surface area contributed by atoms with Crippen LogP contribution in [-0.4, -0.2) is 41.1 Å². The van der Waals surface area contributed by atoms with E-state index in [0.29, 0.717) is 12.5 Å². The Labute approximate surface area is 116 Å². The molecule has 0 radical (unpaired) electrons. The molecule has 1 saturated heterocycles. The Morgan fingerprint density at radius 3 is 2.58 bits per heavy atom. The number of urea groups is 1. The maximum atomic E-state index is 11.5. The molecular formula is C12H20N2O4S. The van der Waals surface area contributed by atoms with Crippen LogP contribution in [0.1, 0.15) is 26.7 Å². The molecule has 0 aromatic carbocycles. The van der Waals surface area contributed by atoms with E-state index in [2.05, 4.69) is 10.6 Å². The van der Waals surface area contributed by atoms with Crippen LogP contribution in [0.25, 0.3) is 0 Å². The number of hydrogen-bond donors (Lipinski definition) is 3. The van der Waals surface area contributed by atoms with Gasteiger partial charge in [0, 0.05) is 13.0 Å². The second-order valence-electron chi connectivity index (χ2n) is 5.35. The number of carboxylic acids is 1. The van der Waals surface area contributed by atoms with E-state index < -0.39 is 23.3 Å². The summed E-state index contributed by atoms with van der Waals surface area (Å²) in [4.78, 5) is 33.9. The lowest BCUT2D eigenvalue weighted by molar-refractivity contribution is -0.149. The predicted molar refractivity (Wildman–Crippen MR) is 73.0 cm³/mol. The van der Waals surface area contributed by atoms with Crippen molar-refractivity contribution in [2.24, 2.45) is 11.3 Å². The molecule has 3 N–H and O–H groups in total. The van der Waals surface area contributed by atoms with E-state index in [9.17, 15) is 14.4 Å². The quantitative estimate of drug-likeness (QED) is 0.703. The first-order valence-corrected chi connectivity index (χ1v) is 7.35. The fraction of sp³-hybridized carbons (Fsp3) is 0.750. The zero-order valence-electron chi connectivity index (χ0n) is 11.2. The lowest BCUT2D eigenvalue weighted by atomic mass is 9.89. The van der Waals surface area contributed by atoms with Gasteiger partial charge in [-0.25, -0.2) is 4.79 Å². The summed E-state index contributed by atoms with van der Waals surface area (Å²) in [5.41, 5.74) is -1.17. The molecule has 19 heavy (non-hydrogen) atoms. The van der Waals surface area contributed by atoms with Crippen LogP contribution in [0.5, 0.6) is 0 Å². The van der Waals surface area contributed by atoms with Gasteiger partial charge in [0.1, 0.15) is 0 Å². The molecule has 1 aliphatic rings. The molecule has 7 heteroatoms. The maximum Gasteiger partial charge on any atom is 0.321 e. The van der Waals surface area contributed by atoms with Gasteiger partial charge in [-0.3, -0.25) is 14.9 Å². The van der Waals surface area contributed by atoms with Gasteiger partial charge in [0.2, 0.25) is 5.91 Å². The van der Waals surface area contributed by atoms with Crippen molar-refractivity contribution in [2.45, 2.75) is 26.7 Å². The summed E-state index contributed by atoms with van der Waals surface area (Å²) in [5.74, 6) is 0.956. The van der Waals surface area contributed by atoms with Crippen molar-refractivity contribution in [3.63, 3.8) is 0 Å². The largest absolute Gasteiger partial charge is 0.481 e. The summed E-state index contributed by atoms with van der Waals surface area (Å²) < 4.78 is 0. The van der Waals surface area contributed by atoms with Crippen LogP contribution >= 0.6 is 11.8 Å². The summed E-state index contributed by atoms with van der Waals surface area (Å²) in [7, 11) is 0. The lowest BCUT2D eigenvalue weighted by Crippen LogP contribution is -2.43. The molecule has 1 unspecified atom stereocenters. The Balaban J connectivity index is 2.27. The number of rotatable bonds is 5. The number of carbonyl (C=O) groups is 3. The predicted octanol–water partition coefficient (Wildman–Crippen LogP) is 1.07. The van der Waals surface area contributed by atoms with Gasteiger partial charge in [-0.05, 0) is 37.7 Å². The average Bonchev–Trinajstić information content (AvgIpc) is 2.77. The Morgan fingerprint density at radius 2 is 2.05 bits per heavy atom. The average molecular weight is 288 g/mol. The molecule has 1 aliphatic heterocycles. The monoisotopic (exact) mass is 288 g/mol. The molecule has 1 rings (SSSR count). The molecular weight excluding hydrogens is 268 g/mol. The molecule has 1 heterocycles. The van der Waals surface area contributed by atoms with Crippen LogP contribution in [0.3, 0.4) is 0 Å². The number of nitrogens with one attached hydrogen (secondary N) is 2. The topological polar surface area (TPSA) is 95.5 Å². The molecule has 0 aromatic rings. The van der Waals surface area contributed by atoms with E-state index in [0.717, 1.165) is 17.9 Å². The molecule has 6 nitrogen and oxygen atoms in total. The molecule has 0 saturated carbocycles. The van der Waals surface area contributed by atoms with Crippen LogP contribution in [0.4, 0.5) is 4.79 Å². The van der Waals surface area contributed by atoms with Crippen LogP contribution in [0, 0.1) is 11.3 Å². The zero-order valence-corrected chi connectivity index (χ0v) is 12.0. The second-order valence-corrected chi connectivity index (χ2v) is 6.50. The van der Waals surface area contributed by atoms with Gasteiger partial charge in [0.15, 0.2) is 0 Å². The van der Waals surface area contributed by atoms with Crippen LogP contribution in [0.15, 0.2) is 0 Å². The van der Waals surface area contributed by atoms with E-state index in [1.54, 1.807) is 0 Å². The van der Waals surface area contributed by atoms with Gasteiger partial charge in [0.05, 0.1) is 5.41 Å². The number of carbonyl (C=O) groups excluding carboxylic acids is 2. The molecule has 0 aliphatic carbocycles. The minimum atomic E-state index is -1.17. The minimum Gasteiger partial charge on any atom is -0.481 e. The van der Waals surface area contributed by atoms with E-state index >= 15 is 0 Å². The Hall–Kier alpha value is -1.24. The van der Waals surface area contributed by atoms with Gasteiger partial charge in [-0.2, -0.15) is 11.8 Å². The summed E-state index contributed by atoms with van der Waals surface area (Å²) in [5, 5.41) is 13.7. The van der Waals surface area contributed by atoms with Crippen molar-refractivity contribution >= 4 is 29.7 Å². The molecule has 1 atom stereocenters. The lowest BCUT2D eigenvalue weighted by Gasteiger charge is -2.18. The van der Waals surface area contributed by atoms with Gasteiger partial charge < -0.3 is 10.4 Å². The maximum absolute atomic E-state index is 11.5. The highest BCUT2D eigenvalue weighted by molar-refractivity contribution is 7.99. The van der Waals surface area contributed by atoms with Crippen molar-refractivity contribution in [1.29, 1.82) is 0 Å². The number of amides is 3. The fourth-order valence-corrected chi connectivity index (χ4v) is 2.96. The SMILES string of the molecule is CC(C)(CC(=O)NC(=O)NCC1CCSC1)C(=O)O. The highest BCUT2D eigenvalue weighted by Crippen LogP contribution is 2.22. The van der Waals surface area contributed by atoms with E-state index in [-0.39, 0.29) is 6.42 Å². The zero-order chi connectivity index (χ0) is 14.5. The first-order chi connectivity index (χ1) is 8.81. The van der Waals surface area contributed by atoms with Crippen LogP contribution in [-0.2, 0) is 9.59 Å². The Morgan fingerprint density at radius 1 is 1.37 bits per heavy atom. The van der Waals surface area contributed by atoms with Crippen molar-refractivity contribution in [3.05, 3.63) is 0 Å². The van der Waals surface area contributed by atoms with Gasteiger partial charge in [-0.15, -0.1) is 0 Å². The van der Waals surface area contributed by atoms with Crippen LogP contribution < -0.4 is 10.6 Å². The molecule has 3 amide bonds. The molecule has 0 aromatic heterocycles. The molecule has 0 spiro atoms. The third kappa shape index (κ3) is 5.50. The number of carboxylic acid groups (broad SMARTS) is 1. The third-order valence-electron chi connectivity index (χ3n) is 3.01. The van der Waals surface area contributed by atoms with Gasteiger partial charge in [0.25, 0.3) is 0 Å². The number of thioether (sulfide) groups is 1. The number of aliphatic carboxylic acids is 1. The second kappa shape index (κ2) is 6.79. The van der Waals surface area contributed by atoms with Crippen molar-refractivity contribution < 1.29 is 19.5 Å². The highest BCUT2D eigenvalue weighted by Gasteiger charge is 2.30. The smallest absolute Gasteiger partial charge is 0.321 e. The van der Waals surface area contributed by atoms with Crippen LogP contribution in [0.2, 0.25) is 0 Å². The highest BCUT2D eigenvalue weighted by atomic mass is 32.2. The summed E-state index contributed by atoms with van der Waals surface area (Å²) in [6.07, 6.45) is 0.847. The molecule has 1 fully saturated rings. The molecule has 0 bridgehead atoms. The minimum absolute atomic E-state index is 0.227. The van der Waals surface area contributed by atoms with Gasteiger partial charge >= 0.3 is 12.0 Å². The third-order valence-corrected chi connectivity index (χ3v) is 4.24. The van der Waals surface area contributed by atoms with Crippen molar-refractivity contribution in [3.8, 4) is 0 Å².